The van der Waals surface area contributed by atoms with Gasteiger partial charge in [-0.05, 0) is 48.2 Å². The van der Waals surface area contributed by atoms with Crippen LogP contribution < -0.4 is 10.9 Å². The molecule has 29 heavy (non-hydrogen) atoms. The summed E-state index contributed by atoms with van der Waals surface area (Å²) in [5.41, 5.74) is -0.195. The second-order valence-corrected chi connectivity index (χ2v) is 6.41. The summed E-state index contributed by atoms with van der Waals surface area (Å²) in [5, 5.41) is 11.6. The topological polar surface area (TPSA) is 89.0 Å². The minimum absolute atomic E-state index is 0.0424. The predicted molar refractivity (Wildman–Crippen MR) is 101 cm³/mol. The van der Waals surface area contributed by atoms with Gasteiger partial charge in [0.15, 0.2) is 11.6 Å². The molecule has 0 saturated heterocycles. The number of halogens is 3. The van der Waals surface area contributed by atoms with Crippen molar-refractivity contribution in [3.8, 4) is 6.07 Å². The molecule has 2 N–H and O–H groups in total. The summed E-state index contributed by atoms with van der Waals surface area (Å²) in [7, 11) is 1.46. The summed E-state index contributed by atoms with van der Waals surface area (Å²) in [4.78, 5) is 28.2. The smallest absolute Gasteiger partial charge is 0.322 e. The van der Waals surface area contributed by atoms with E-state index in [-0.39, 0.29) is 22.0 Å². The van der Waals surface area contributed by atoms with Crippen LogP contribution in [-0.2, 0) is 0 Å². The fraction of sp³-hybridized carbons (Fsp3) is 0.150. The number of benzene rings is 2. The fourth-order valence-electron chi connectivity index (χ4n) is 2.90. The molecule has 0 saturated carbocycles. The lowest BCUT2D eigenvalue weighted by molar-refractivity contribution is 0.208. The fourth-order valence-corrected chi connectivity index (χ4v) is 2.90. The second kappa shape index (κ2) is 7.67. The highest BCUT2D eigenvalue weighted by atomic mass is 19.2. The van der Waals surface area contributed by atoms with Crippen LogP contribution in [0.5, 0.6) is 0 Å². The second-order valence-electron chi connectivity index (χ2n) is 6.41. The van der Waals surface area contributed by atoms with Crippen molar-refractivity contribution in [2.45, 2.75) is 13.0 Å². The van der Waals surface area contributed by atoms with Gasteiger partial charge in [-0.25, -0.2) is 18.0 Å². The summed E-state index contributed by atoms with van der Waals surface area (Å²) in [6.07, 6.45) is 1.34. The summed E-state index contributed by atoms with van der Waals surface area (Å²) in [5.74, 6) is -2.97. The van der Waals surface area contributed by atoms with Crippen molar-refractivity contribution in [3.05, 3.63) is 75.5 Å². The van der Waals surface area contributed by atoms with Gasteiger partial charge in [0, 0.05) is 18.9 Å². The van der Waals surface area contributed by atoms with E-state index in [2.05, 4.69) is 10.3 Å². The highest BCUT2D eigenvalue weighted by Gasteiger charge is 2.21. The molecule has 1 atom stereocenters. The van der Waals surface area contributed by atoms with E-state index in [9.17, 15) is 22.8 Å². The van der Waals surface area contributed by atoms with Crippen LogP contribution in [0.4, 0.5) is 23.7 Å². The van der Waals surface area contributed by atoms with Crippen LogP contribution in [0, 0.1) is 28.8 Å². The third-order valence-electron chi connectivity index (χ3n) is 4.66. The van der Waals surface area contributed by atoms with Gasteiger partial charge in [0.2, 0.25) is 0 Å². The van der Waals surface area contributed by atoms with Gasteiger partial charge in [-0.1, -0.05) is 0 Å². The Kier molecular flexibility index (Phi) is 5.28. The molecule has 0 spiro atoms. The quantitative estimate of drug-likeness (QED) is 0.695. The number of carbonyl (C=O) groups is 1. The normalized spacial score (nSPS) is 11.7. The van der Waals surface area contributed by atoms with E-state index >= 15 is 0 Å². The molecule has 3 rings (SSSR count). The van der Waals surface area contributed by atoms with Gasteiger partial charge in [-0.15, -0.1) is 0 Å². The highest BCUT2D eigenvalue weighted by Crippen LogP contribution is 2.27. The van der Waals surface area contributed by atoms with E-state index in [0.717, 1.165) is 18.2 Å². The molecule has 0 aliphatic rings. The Balaban J connectivity index is 1.92. The predicted octanol–water partition coefficient (Wildman–Crippen LogP) is 4.04. The van der Waals surface area contributed by atoms with Crippen molar-refractivity contribution in [2.75, 3.05) is 12.4 Å². The number of aromatic amines is 1. The summed E-state index contributed by atoms with van der Waals surface area (Å²) < 4.78 is 40.7. The zero-order valence-electron chi connectivity index (χ0n) is 15.4. The number of hydrogen-bond acceptors (Lipinski definition) is 3. The van der Waals surface area contributed by atoms with Crippen molar-refractivity contribution in [2.24, 2.45) is 0 Å². The van der Waals surface area contributed by atoms with Crippen LogP contribution in [0.2, 0.25) is 0 Å². The third kappa shape index (κ3) is 3.78. The molecule has 1 aromatic heterocycles. The molecule has 2 aromatic carbocycles. The van der Waals surface area contributed by atoms with Crippen LogP contribution >= 0.6 is 0 Å². The van der Waals surface area contributed by atoms with Crippen LogP contribution in [0.3, 0.4) is 0 Å². The van der Waals surface area contributed by atoms with Gasteiger partial charge in [-0.3, -0.25) is 4.79 Å². The first-order chi connectivity index (χ1) is 13.7. The molecule has 0 radical (unpaired) electrons. The van der Waals surface area contributed by atoms with Gasteiger partial charge < -0.3 is 15.2 Å². The Bertz CT molecular complexity index is 1220. The van der Waals surface area contributed by atoms with E-state index < -0.39 is 35.1 Å². The van der Waals surface area contributed by atoms with E-state index in [1.807, 2.05) is 0 Å². The zero-order valence-corrected chi connectivity index (χ0v) is 15.4. The Hall–Kier alpha value is -3.80. The number of urea groups is 1. The van der Waals surface area contributed by atoms with Gasteiger partial charge in [0.1, 0.15) is 11.9 Å². The maximum atomic E-state index is 13.7. The lowest BCUT2D eigenvalue weighted by atomic mass is 10.0. The maximum absolute atomic E-state index is 13.7. The zero-order chi connectivity index (χ0) is 21.3. The van der Waals surface area contributed by atoms with E-state index in [1.165, 1.54) is 30.3 Å². The number of rotatable bonds is 3. The molecule has 0 fully saturated rings. The summed E-state index contributed by atoms with van der Waals surface area (Å²) in [6.45, 7) is 1.64. The van der Waals surface area contributed by atoms with Gasteiger partial charge >= 0.3 is 6.03 Å². The molecule has 2 amide bonds. The molecular weight excluding hydrogens is 385 g/mol. The number of H-pyrrole nitrogens is 1. The standard InChI is InChI=1S/C20H15F3N4O2/c1-10(15-9-25-19(28)14-7-18(23)17(22)6-13(14)15)27(2)20(29)26-12-3-4-16(21)11(5-12)8-24/h3-7,9-10H,1-2H3,(H,25,28)(H,26,29)/t10-/m1/s1. The molecule has 9 heteroatoms. The average Bonchev–Trinajstić information content (AvgIpc) is 2.70. The number of nitrogens with zero attached hydrogens (tertiary/aromatic N) is 2. The SMILES string of the molecule is C[C@H](c1c[nH]c(=O)c2cc(F)c(F)cc12)N(C)C(=O)Nc1ccc(F)c(C#N)c1. The molecule has 3 aromatic rings. The van der Waals surface area contributed by atoms with Gasteiger partial charge in [0.25, 0.3) is 5.56 Å². The summed E-state index contributed by atoms with van der Waals surface area (Å²) in [6, 6.07) is 5.73. The van der Waals surface area contributed by atoms with E-state index in [1.54, 1.807) is 13.0 Å². The molecule has 0 aliphatic heterocycles. The van der Waals surface area contributed by atoms with Gasteiger partial charge in [0.05, 0.1) is 17.0 Å². The molecule has 148 valence electrons. The Morgan fingerprint density at radius 1 is 1.14 bits per heavy atom. The number of anilines is 1. The first kappa shape index (κ1) is 19.9. The Morgan fingerprint density at radius 3 is 2.45 bits per heavy atom. The Labute approximate surface area is 163 Å². The number of pyridine rings is 1. The van der Waals surface area contributed by atoms with Crippen LogP contribution in [-0.4, -0.2) is 23.0 Å². The van der Waals surface area contributed by atoms with Crippen molar-refractivity contribution in [1.82, 2.24) is 9.88 Å². The third-order valence-corrected chi connectivity index (χ3v) is 4.66. The van der Waals surface area contributed by atoms with Crippen molar-refractivity contribution in [3.63, 3.8) is 0 Å². The molecule has 6 nitrogen and oxygen atoms in total. The van der Waals surface area contributed by atoms with Crippen molar-refractivity contribution < 1.29 is 18.0 Å². The monoisotopic (exact) mass is 400 g/mol. The van der Waals surface area contributed by atoms with Crippen LogP contribution in [0.1, 0.15) is 24.1 Å². The summed E-state index contributed by atoms with van der Waals surface area (Å²) >= 11 is 0. The minimum Gasteiger partial charge on any atom is -0.328 e. The molecular formula is C20H15F3N4O2. The highest BCUT2D eigenvalue weighted by molar-refractivity contribution is 5.91. The van der Waals surface area contributed by atoms with E-state index in [0.29, 0.717) is 5.56 Å². The molecule has 0 aliphatic carbocycles. The number of hydrogen-bond donors (Lipinski definition) is 2. The lowest BCUT2D eigenvalue weighted by Gasteiger charge is -2.26. The van der Waals surface area contributed by atoms with Gasteiger partial charge in [-0.2, -0.15) is 5.26 Å². The van der Waals surface area contributed by atoms with E-state index in [4.69, 9.17) is 5.26 Å². The number of nitriles is 1. The number of aromatic nitrogens is 1. The first-order valence-electron chi connectivity index (χ1n) is 8.46. The number of carbonyl (C=O) groups excluding carboxylic acids is 1. The van der Waals surface area contributed by atoms with Crippen LogP contribution in [0.25, 0.3) is 10.8 Å². The number of amides is 2. The van der Waals surface area contributed by atoms with Crippen molar-refractivity contribution in [1.29, 1.82) is 5.26 Å². The number of fused-ring (bicyclic) bond motifs is 1. The largest absolute Gasteiger partial charge is 0.328 e. The number of nitrogens with one attached hydrogen (secondary N) is 2. The molecule has 0 bridgehead atoms. The Morgan fingerprint density at radius 2 is 1.79 bits per heavy atom. The molecule has 1 heterocycles. The molecule has 0 unspecified atom stereocenters. The van der Waals surface area contributed by atoms with Crippen molar-refractivity contribution >= 4 is 22.5 Å². The van der Waals surface area contributed by atoms with Crippen LogP contribution in [0.15, 0.2) is 41.3 Å². The minimum atomic E-state index is -1.15. The first-order valence-corrected chi connectivity index (χ1v) is 8.46. The maximum Gasteiger partial charge on any atom is 0.322 e. The average molecular weight is 400 g/mol. The lowest BCUT2D eigenvalue weighted by Crippen LogP contribution is -2.34.